The summed E-state index contributed by atoms with van der Waals surface area (Å²) in [5.41, 5.74) is 6.09. The van der Waals surface area contributed by atoms with Crippen LogP contribution in [0.25, 0.3) is 0 Å². The van der Waals surface area contributed by atoms with E-state index in [0.717, 1.165) is 0 Å². The fourth-order valence-corrected chi connectivity index (χ4v) is 1.18. The van der Waals surface area contributed by atoms with Crippen LogP contribution in [0, 0.1) is 11.8 Å². The molecule has 0 heterocycles. The summed E-state index contributed by atoms with van der Waals surface area (Å²) >= 11 is 0. The molecule has 0 radical (unpaired) electrons. The van der Waals surface area contributed by atoms with E-state index in [0.29, 0.717) is 18.4 Å². The maximum atomic E-state index is 6.25. The van der Waals surface area contributed by atoms with E-state index in [9.17, 15) is 0 Å². The minimum absolute atomic E-state index is 0.151. The molecule has 3 heteroatoms. The van der Waals surface area contributed by atoms with E-state index in [2.05, 4.69) is 36.9 Å². The Hall–Kier alpha value is 0.350. The Balaban J connectivity index is 4.15. The van der Waals surface area contributed by atoms with Crippen LogP contribution in [-0.2, 0) is 4.74 Å². The van der Waals surface area contributed by atoms with Crippen LogP contribution in [-0.4, -0.2) is 17.5 Å². The number of hydrogen-bond acceptors (Lipinski definition) is 2. The highest BCUT2D eigenvalue weighted by molar-refractivity contribution is 7.18. The van der Waals surface area contributed by atoms with Gasteiger partial charge in [0.15, 0.2) is 0 Å². The Morgan fingerprint density at radius 3 is 1.93 bits per heavy atom. The van der Waals surface area contributed by atoms with Crippen LogP contribution in [0.2, 0.25) is 0 Å². The average molecular weight is 219 g/mol. The second-order valence-electron chi connectivity index (χ2n) is 5.34. The van der Waals surface area contributed by atoms with Crippen molar-refractivity contribution >= 4 is 9.24 Å². The van der Waals surface area contributed by atoms with Gasteiger partial charge in [0.1, 0.15) is 0 Å². The summed E-state index contributed by atoms with van der Waals surface area (Å²) < 4.78 is 5.71. The average Bonchev–Trinajstić information content (AvgIpc) is 1.98. The molecule has 3 atom stereocenters. The molecule has 0 saturated heterocycles. The zero-order chi connectivity index (χ0) is 11.6. The van der Waals surface area contributed by atoms with Gasteiger partial charge < -0.3 is 10.5 Å². The van der Waals surface area contributed by atoms with E-state index in [1.54, 1.807) is 0 Å². The molecule has 0 rings (SSSR count). The van der Waals surface area contributed by atoms with Gasteiger partial charge in [-0.3, -0.25) is 0 Å². The predicted molar refractivity (Wildman–Crippen MR) is 66.3 cm³/mol. The van der Waals surface area contributed by atoms with Gasteiger partial charge in [-0.15, -0.1) is 9.24 Å². The zero-order valence-corrected chi connectivity index (χ0v) is 11.6. The first kappa shape index (κ1) is 14.3. The van der Waals surface area contributed by atoms with Crippen LogP contribution >= 0.6 is 9.24 Å². The molecule has 0 aromatic heterocycles. The fourth-order valence-electron chi connectivity index (χ4n) is 1.09. The van der Waals surface area contributed by atoms with Gasteiger partial charge in [-0.2, -0.15) is 0 Å². The number of nitrogens with two attached hydrogens (primary N) is 1. The van der Waals surface area contributed by atoms with Crippen molar-refractivity contribution in [3.8, 4) is 0 Å². The molecule has 0 bridgehead atoms. The van der Waals surface area contributed by atoms with Crippen molar-refractivity contribution < 1.29 is 4.74 Å². The van der Waals surface area contributed by atoms with Crippen LogP contribution in [0.5, 0.6) is 0 Å². The topological polar surface area (TPSA) is 35.2 Å². The molecular weight excluding hydrogens is 193 g/mol. The van der Waals surface area contributed by atoms with E-state index in [1.807, 2.05) is 13.8 Å². The third-order valence-electron chi connectivity index (χ3n) is 3.01. The monoisotopic (exact) mass is 219 g/mol. The van der Waals surface area contributed by atoms with E-state index in [1.165, 1.54) is 0 Å². The van der Waals surface area contributed by atoms with Crippen LogP contribution in [0.3, 0.4) is 0 Å². The van der Waals surface area contributed by atoms with E-state index >= 15 is 0 Å². The summed E-state index contributed by atoms with van der Waals surface area (Å²) in [5, 5.41) is -0.151. The second-order valence-corrected chi connectivity index (χ2v) is 6.73. The van der Waals surface area contributed by atoms with E-state index in [4.69, 9.17) is 10.5 Å². The largest absolute Gasteiger partial charge is 0.371 e. The molecule has 0 aliphatic carbocycles. The molecule has 14 heavy (non-hydrogen) atoms. The summed E-state index contributed by atoms with van der Waals surface area (Å²) in [4.78, 5) is 0. The summed E-state index contributed by atoms with van der Waals surface area (Å²) in [6.07, 6.45) is 0. The van der Waals surface area contributed by atoms with Gasteiger partial charge in [-0.1, -0.05) is 20.8 Å². The number of hydrogen-bond donors (Lipinski definition) is 1. The molecule has 0 amide bonds. The smallest absolute Gasteiger partial charge is 0.0757 e. The molecule has 0 spiro atoms. The normalized spacial score (nSPS) is 19.5. The van der Waals surface area contributed by atoms with Gasteiger partial charge in [0, 0.05) is 5.54 Å². The van der Waals surface area contributed by atoms with Crippen molar-refractivity contribution in [2.45, 2.75) is 52.4 Å². The second kappa shape index (κ2) is 4.92. The quantitative estimate of drug-likeness (QED) is 0.721. The zero-order valence-electron chi connectivity index (χ0n) is 10.4. The highest BCUT2D eigenvalue weighted by Gasteiger charge is 2.30. The third-order valence-corrected chi connectivity index (χ3v) is 3.18. The maximum absolute atomic E-state index is 6.25. The molecule has 3 unspecified atom stereocenters. The van der Waals surface area contributed by atoms with Crippen molar-refractivity contribution in [1.29, 1.82) is 0 Å². The number of ether oxygens (including phenoxy) is 1. The molecular formula is C11H26NOP. The Morgan fingerprint density at radius 2 is 1.64 bits per heavy atom. The highest BCUT2D eigenvalue weighted by Crippen LogP contribution is 2.26. The van der Waals surface area contributed by atoms with Crippen molar-refractivity contribution in [2.75, 3.05) is 6.61 Å². The molecule has 0 aromatic carbocycles. The molecule has 0 aliphatic rings. The summed E-state index contributed by atoms with van der Waals surface area (Å²) in [5.74, 6) is 0.830. The van der Waals surface area contributed by atoms with Crippen molar-refractivity contribution in [3.05, 3.63) is 0 Å². The maximum Gasteiger partial charge on any atom is 0.0757 e. The predicted octanol–water partition coefficient (Wildman–Crippen LogP) is 2.62. The Kier molecular flexibility index (Phi) is 5.04. The third kappa shape index (κ3) is 4.72. The molecule has 0 saturated carbocycles. The number of rotatable bonds is 5. The lowest BCUT2D eigenvalue weighted by Gasteiger charge is -2.36. The fraction of sp³-hybridized carbons (Fsp3) is 1.00. The molecule has 0 aliphatic heterocycles. The van der Waals surface area contributed by atoms with Crippen LogP contribution in [0.1, 0.15) is 41.5 Å². The van der Waals surface area contributed by atoms with Crippen LogP contribution < -0.4 is 5.73 Å². The Bertz CT molecular complexity index is 173. The minimum atomic E-state index is -0.157. The Labute approximate surface area is 91.2 Å². The first-order chi connectivity index (χ1) is 6.07. The van der Waals surface area contributed by atoms with Crippen molar-refractivity contribution in [1.82, 2.24) is 0 Å². The van der Waals surface area contributed by atoms with Crippen LogP contribution in [0.4, 0.5) is 0 Å². The lowest BCUT2D eigenvalue weighted by Crippen LogP contribution is -2.49. The first-order valence-corrected chi connectivity index (χ1v) is 5.87. The summed E-state index contributed by atoms with van der Waals surface area (Å²) in [6.45, 7) is 13.3. The molecule has 0 aromatic rings. The van der Waals surface area contributed by atoms with Gasteiger partial charge in [0.25, 0.3) is 0 Å². The van der Waals surface area contributed by atoms with Gasteiger partial charge >= 0.3 is 0 Å². The van der Waals surface area contributed by atoms with E-state index in [-0.39, 0.29) is 10.9 Å². The first-order valence-electron chi connectivity index (χ1n) is 5.29. The molecule has 0 fully saturated rings. The van der Waals surface area contributed by atoms with Gasteiger partial charge in [-0.25, -0.2) is 0 Å². The summed E-state index contributed by atoms with van der Waals surface area (Å²) in [7, 11) is 2.68. The van der Waals surface area contributed by atoms with Crippen LogP contribution in [0.15, 0.2) is 0 Å². The molecule has 2 N–H and O–H groups in total. The van der Waals surface area contributed by atoms with Gasteiger partial charge in [-0.05, 0) is 32.6 Å². The lowest BCUT2D eigenvalue weighted by atomic mass is 9.79. The minimum Gasteiger partial charge on any atom is -0.371 e. The molecule has 86 valence electrons. The van der Waals surface area contributed by atoms with Crippen molar-refractivity contribution in [3.63, 3.8) is 0 Å². The van der Waals surface area contributed by atoms with Crippen molar-refractivity contribution in [2.24, 2.45) is 17.6 Å². The Morgan fingerprint density at radius 1 is 1.21 bits per heavy atom. The summed E-state index contributed by atoms with van der Waals surface area (Å²) in [6, 6.07) is 0. The molecule has 2 nitrogen and oxygen atoms in total. The van der Waals surface area contributed by atoms with E-state index < -0.39 is 0 Å². The highest BCUT2D eigenvalue weighted by atomic mass is 31.0. The standard InChI is InChI=1S/C11H26NOP/c1-8(2)11(6,12)9(3)7-13-10(4,5)14/h8-9H,7,12,14H2,1-6H3. The lowest BCUT2D eigenvalue weighted by molar-refractivity contribution is 0.00767. The van der Waals surface area contributed by atoms with Gasteiger partial charge in [0.2, 0.25) is 0 Å². The SMILES string of the molecule is CC(C)C(C)(N)C(C)COC(C)(C)P. The van der Waals surface area contributed by atoms with Gasteiger partial charge in [0.05, 0.1) is 11.9 Å².